The molecule has 2 nitrogen and oxygen atoms in total. The summed E-state index contributed by atoms with van der Waals surface area (Å²) in [5, 5.41) is 13.5. The van der Waals surface area contributed by atoms with E-state index >= 15 is 0 Å². The van der Waals surface area contributed by atoms with E-state index in [0.29, 0.717) is 5.56 Å². The molecule has 1 saturated heterocycles. The zero-order chi connectivity index (χ0) is 11.5. The molecule has 1 heterocycles. The molecule has 0 radical (unpaired) electrons. The molecular formula is C13H18FNO. The van der Waals surface area contributed by atoms with Crippen LogP contribution >= 0.6 is 0 Å². The molecule has 1 fully saturated rings. The van der Waals surface area contributed by atoms with Crippen LogP contribution in [0, 0.1) is 12.7 Å². The summed E-state index contributed by atoms with van der Waals surface area (Å²) in [5.41, 5.74) is 1.39. The number of aliphatic hydroxyl groups excluding tert-OH is 1. The van der Waals surface area contributed by atoms with Crippen molar-refractivity contribution in [2.45, 2.75) is 38.3 Å². The third kappa shape index (κ3) is 2.42. The van der Waals surface area contributed by atoms with Crippen LogP contribution in [0.25, 0.3) is 0 Å². The van der Waals surface area contributed by atoms with Gasteiger partial charge >= 0.3 is 0 Å². The van der Waals surface area contributed by atoms with Crippen LogP contribution < -0.4 is 5.32 Å². The van der Waals surface area contributed by atoms with Crippen molar-refractivity contribution in [1.29, 1.82) is 0 Å². The summed E-state index contributed by atoms with van der Waals surface area (Å²) in [6.45, 7) is 2.68. The first-order chi connectivity index (χ1) is 7.68. The number of aliphatic hydroxyl groups is 1. The lowest BCUT2D eigenvalue weighted by molar-refractivity contribution is 0.113. The van der Waals surface area contributed by atoms with Crippen molar-refractivity contribution in [3.8, 4) is 0 Å². The van der Waals surface area contributed by atoms with Gasteiger partial charge in [0.25, 0.3) is 0 Å². The molecule has 2 unspecified atom stereocenters. The van der Waals surface area contributed by atoms with Crippen molar-refractivity contribution in [2.75, 3.05) is 6.54 Å². The molecule has 1 aliphatic heterocycles. The fourth-order valence-electron chi connectivity index (χ4n) is 2.23. The van der Waals surface area contributed by atoms with E-state index in [-0.39, 0.29) is 11.9 Å². The zero-order valence-corrected chi connectivity index (χ0v) is 9.54. The van der Waals surface area contributed by atoms with Crippen molar-refractivity contribution in [1.82, 2.24) is 5.32 Å². The van der Waals surface area contributed by atoms with Crippen LogP contribution in [0.15, 0.2) is 18.2 Å². The Morgan fingerprint density at radius 2 is 2.25 bits per heavy atom. The highest BCUT2D eigenvalue weighted by Crippen LogP contribution is 2.24. The SMILES string of the molecule is Cc1cc(C(O)C2CCCCN2)ccc1F. The number of piperidine rings is 1. The number of halogens is 1. The molecule has 0 aromatic heterocycles. The molecule has 16 heavy (non-hydrogen) atoms. The van der Waals surface area contributed by atoms with Gasteiger partial charge in [-0.25, -0.2) is 4.39 Å². The summed E-state index contributed by atoms with van der Waals surface area (Å²) >= 11 is 0. The Hall–Kier alpha value is -0.930. The van der Waals surface area contributed by atoms with E-state index in [4.69, 9.17) is 0 Å². The topological polar surface area (TPSA) is 32.3 Å². The highest BCUT2D eigenvalue weighted by molar-refractivity contribution is 5.26. The van der Waals surface area contributed by atoms with Gasteiger partial charge in [-0.2, -0.15) is 0 Å². The lowest BCUT2D eigenvalue weighted by Crippen LogP contribution is -2.38. The first-order valence-corrected chi connectivity index (χ1v) is 5.86. The smallest absolute Gasteiger partial charge is 0.126 e. The minimum absolute atomic E-state index is 0.110. The largest absolute Gasteiger partial charge is 0.387 e. The standard InChI is InChI=1S/C13H18FNO/c1-9-8-10(5-6-11(9)14)13(16)12-4-2-3-7-15-12/h5-6,8,12-13,15-16H,2-4,7H2,1H3. The fraction of sp³-hybridized carbons (Fsp3) is 0.538. The van der Waals surface area contributed by atoms with E-state index in [1.807, 2.05) is 0 Å². The van der Waals surface area contributed by atoms with Gasteiger partial charge in [0, 0.05) is 6.04 Å². The Bertz CT molecular complexity index is 361. The van der Waals surface area contributed by atoms with Crippen LogP contribution in [0.1, 0.15) is 36.5 Å². The second-order valence-electron chi connectivity index (χ2n) is 4.51. The number of rotatable bonds is 2. The van der Waals surface area contributed by atoms with Crippen molar-refractivity contribution < 1.29 is 9.50 Å². The predicted molar refractivity (Wildman–Crippen MR) is 61.7 cm³/mol. The number of hydrogen-bond acceptors (Lipinski definition) is 2. The van der Waals surface area contributed by atoms with E-state index < -0.39 is 6.10 Å². The van der Waals surface area contributed by atoms with E-state index in [2.05, 4.69) is 5.32 Å². The molecule has 1 aliphatic rings. The molecule has 0 spiro atoms. The van der Waals surface area contributed by atoms with Gasteiger partial charge in [-0.1, -0.05) is 18.6 Å². The summed E-state index contributed by atoms with van der Waals surface area (Å²) in [6.07, 6.45) is 2.78. The summed E-state index contributed by atoms with van der Waals surface area (Å²) in [6, 6.07) is 4.94. The first-order valence-electron chi connectivity index (χ1n) is 5.86. The van der Waals surface area contributed by atoms with Gasteiger partial charge in [0.2, 0.25) is 0 Å². The highest BCUT2D eigenvalue weighted by Gasteiger charge is 2.22. The molecule has 0 bridgehead atoms. The lowest BCUT2D eigenvalue weighted by atomic mass is 9.94. The van der Waals surface area contributed by atoms with E-state index in [1.165, 1.54) is 12.5 Å². The van der Waals surface area contributed by atoms with E-state index in [0.717, 1.165) is 24.9 Å². The third-order valence-corrected chi connectivity index (χ3v) is 3.25. The second-order valence-corrected chi connectivity index (χ2v) is 4.51. The monoisotopic (exact) mass is 223 g/mol. The van der Waals surface area contributed by atoms with Crippen LogP contribution in [0.3, 0.4) is 0 Å². The quantitative estimate of drug-likeness (QED) is 0.806. The lowest BCUT2D eigenvalue weighted by Gasteiger charge is -2.28. The van der Waals surface area contributed by atoms with E-state index in [1.54, 1.807) is 19.1 Å². The van der Waals surface area contributed by atoms with Gasteiger partial charge in [0.1, 0.15) is 5.82 Å². The molecule has 3 heteroatoms. The summed E-state index contributed by atoms with van der Waals surface area (Å²) < 4.78 is 13.1. The fourth-order valence-corrected chi connectivity index (χ4v) is 2.23. The van der Waals surface area contributed by atoms with Gasteiger partial charge < -0.3 is 10.4 Å². The van der Waals surface area contributed by atoms with Crippen molar-refractivity contribution in [3.05, 3.63) is 35.1 Å². The zero-order valence-electron chi connectivity index (χ0n) is 9.54. The molecule has 0 aliphatic carbocycles. The molecule has 2 N–H and O–H groups in total. The van der Waals surface area contributed by atoms with Crippen LogP contribution in [0.2, 0.25) is 0 Å². The predicted octanol–water partition coefficient (Wildman–Crippen LogP) is 2.31. The summed E-state index contributed by atoms with van der Waals surface area (Å²) in [7, 11) is 0. The Labute approximate surface area is 95.5 Å². The Balaban J connectivity index is 2.12. The molecule has 1 aromatic carbocycles. The minimum Gasteiger partial charge on any atom is -0.387 e. The average molecular weight is 223 g/mol. The average Bonchev–Trinajstić information content (AvgIpc) is 2.33. The number of aryl methyl sites for hydroxylation is 1. The van der Waals surface area contributed by atoms with Gasteiger partial charge in [-0.05, 0) is 43.5 Å². The summed E-state index contributed by atoms with van der Waals surface area (Å²) in [4.78, 5) is 0. The molecule has 2 rings (SSSR count). The number of benzene rings is 1. The molecule has 2 atom stereocenters. The number of nitrogens with one attached hydrogen (secondary N) is 1. The first kappa shape index (κ1) is 11.6. The van der Waals surface area contributed by atoms with Crippen LogP contribution in [0.5, 0.6) is 0 Å². The highest BCUT2D eigenvalue weighted by atomic mass is 19.1. The summed E-state index contributed by atoms with van der Waals surface area (Å²) in [5.74, 6) is -0.215. The van der Waals surface area contributed by atoms with Crippen LogP contribution in [-0.2, 0) is 0 Å². The Morgan fingerprint density at radius 3 is 2.88 bits per heavy atom. The minimum atomic E-state index is -0.528. The molecule has 0 saturated carbocycles. The molecule has 88 valence electrons. The van der Waals surface area contributed by atoms with Crippen molar-refractivity contribution in [2.24, 2.45) is 0 Å². The molecule has 0 amide bonds. The Morgan fingerprint density at radius 1 is 1.44 bits per heavy atom. The van der Waals surface area contributed by atoms with Gasteiger partial charge in [0.05, 0.1) is 6.10 Å². The van der Waals surface area contributed by atoms with Gasteiger partial charge in [-0.15, -0.1) is 0 Å². The van der Waals surface area contributed by atoms with Gasteiger partial charge in [0.15, 0.2) is 0 Å². The maximum absolute atomic E-state index is 13.1. The number of hydrogen-bond donors (Lipinski definition) is 2. The third-order valence-electron chi connectivity index (χ3n) is 3.25. The van der Waals surface area contributed by atoms with Crippen LogP contribution in [0.4, 0.5) is 4.39 Å². The normalized spacial score (nSPS) is 23.1. The van der Waals surface area contributed by atoms with Gasteiger partial charge in [-0.3, -0.25) is 0 Å². The van der Waals surface area contributed by atoms with Crippen molar-refractivity contribution in [3.63, 3.8) is 0 Å². The maximum Gasteiger partial charge on any atom is 0.126 e. The van der Waals surface area contributed by atoms with Crippen LogP contribution in [-0.4, -0.2) is 17.7 Å². The molecule has 1 aromatic rings. The maximum atomic E-state index is 13.1. The van der Waals surface area contributed by atoms with Crippen molar-refractivity contribution >= 4 is 0 Å². The Kier molecular flexibility index (Phi) is 3.56. The second kappa shape index (κ2) is 4.93. The molecular weight excluding hydrogens is 205 g/mol. The van der Waals surface area contributed by atoms with E-state index in [9.17, 15) is 9.50 Å².